The third-order valence-electron chi connectivity index (χ3n) is 5.74. The Labute approximate surface area is 181 Å². The molecule has 0 aromatic carbocycles. The molecule has 10 heteroatoms. The van der Waals surface area contributed by atoms with Gasteiger partial charge in [0.1, 0.15) is 5.56 Å². The Morgan fingerprint density at radius 3 is 2.65 bits per heavy atom. The first-order valence-electron chi connectivity index (χ1n) is 11.0. The largest absolute Gasteiger partial charge is 0.503 e. The Bertz CT molecular complexity index is 864. The molecule has 2 N–H and O–H groups in total. The SMILES string of the molecule is CC.C[C@@H]1CCOC2Cn3cc(C(=O)NCCN4CCOCC4)c(=O)c(O)c3C(=O)N21. The van der Waals surface area contributed by atoms with Crippen LogP contribution in [0.15, 0.2) is 11.0 Å². The van der Waals surface area contributed by atoms with Crippen LogP contribution in [0.1, 0.15) is 48.0 Å². The summed E-state index contributed by atoms with van der Waals surface area (Å²) in [4.78, 5) is 41.7. The van der Waals surface area contributed by atoms with E-state index in [-0.39, 0.29) is 23.8 Å². The number of aromatic hydroxyl groups is 1. The number of aromatic nitrogens is 1. The van der Waals surface area contributed by atoms with Gasteiger partial charge in [-0.15, -0.1) is 0 Å². The van der Waals surface area contributed by atoms with Gasteiger partial charge in [0.25, 0.3) is 11.8 Å². The first-order chi connectivity index (χ1) is 15.0. The zero-order chi connectivity index (χ0) is 22.5. The fourth-order valence-corrected chi connectivity index (χ4v) is 4.07. The van der Waals surface area contributed by atoms with Crippen molar-refractivity contribution in [3.63, 3.8) is 0 Å². The Balaban J connectivity index is 0.00000132. The molecule has 0 spiro atoms. The van der Waals surface area contributed by atoms with Crippen molar-refractivity contribution in [3.8, 4) is 5.75 Å². The number of nitrogens with one attached hydrogen (secondary N) is 1. The Kier molecular flexibility index (Phi) is 7.69. The van der Waals surface area contributed by atoms with Crippen LogP contribution in [-0.4, -0.2) is 89.6 Å². The number of amides is 2. The standard InChI is InChI=1S/C19H26N4O6.C2H6/c1-12-2-7-29-14-11-22-10-13(16(24)17(25)15(22)19(27)23(12)14)18(26)20-3-4-21-5-8-28-9-6-21;1-2/h10,12,14,25H,2-9,11H2,1H3,(H,20,26);1-2H3/t12-,14?;/m1./s1. The third-order valence-corrected chi connectivity index (χ3v) is 5.74. The van der Waals surface area contributed by atoms with Crippen molar-refractivity contribution < 1.29 is 24.2 Å². The summed E-state index contributed by atoms with van der Waals surface area (Å²) in [5, 5.41) is 13.1. The first-order valence-corrected chi connectivity index (χ1v) is 11.0. The van der Waals surface area contributed by atoms with Crippen LogP contribution in [0, 0.1) is 0 Å². The van der Waals surface area contributed by atoms with Crippen LogP contribution >= 0.6 is 0 Å². The van der Waals surface area contributed by atoms with Gasteiger partial charge in [-0.2, -0.15) is 0 Å². The summed E-state index contributed by atoms with van der Waals surface area (Å²) in [5.74, 6) is -1.71. The molecular weight excluding hydrogens is 404 g/mol. The highest BCUT2D eigenvalue weighted by Gasteiger charge is 2.41. The Hall–Kier alpha value is -2.43. The van der Waals surface area contributed by atoms with E-state index in [0.29, 0.717) is 39.3 Å². The van der Waals surface area contributed by atoms with Gasteiger partial charge < -0.3 is 29.4 Å². The normalized spacial score (nSPS) is 23.3. The number of nitrogens with zero attached hydrogens (tertiary/aromatic N) is 3. The summed E-state index contributed by atoms with van der Waals surface area (Å²) in [6.45, 7) is 10.7. The Morgan fingerprint density at radius 1 is 1.23 bits per heavy atom. The number of hydrogen-bond donors (Lipinski definition) is 2. The van der Waals surface area contributed by atoms with Gasteiger partial charge >= 0.3 is 0 Å². The fraction of sp³-hybridized carbons (Fsp3) is 0.667. The lowest BCUT2D eigenvalue weighted by Gasteiger charge is -2.44. The lowest BCUT2D eigenvalue weighted by atomic mass is 10.1. The maximum absolute atomic E-state index is 12.9. The molecule has 2 atom stereocenters. The summed E-state index contributed by atoms with van der Waals surface area (Å²) in [5.41, 5.74) is -1.11. The highest BCUT2D eigenvalue weighted by molar-refractivity contribution is 5.99. The van der Waals surface area contributed by atoms with Crippen LogP contribution in [0.3, 0.4) is 0 Å². The minimum atomic E-state index is -0.836. The summed E-state index contributed by atoms with van der Waals surface area (Å²) >= 11 is 0. The number of hydrogen-bond acceptors (Lipinski definition) is 7. The number of carbonyl (C=O) groups is 2. The van der Waals surface area contributed by atoms with Gasteiger partial charge in [-0.05, 0) is 13.3 Å². The highest BCUT2D eigenvalue weighted by atomic mass is 16.5. The lowest BCUT2D eigenvalue weighted by Crippen LogP contribution is -2.57. The molecule has 0 saturated carbocycles. The monoisotopic (exact) mass is 436 g/mol. The first kappa shape index (κ1) is 23.2. The molecule has 0 radical (unpaired) electrons. The van der Waals surface area contributed by atoms with Crippen LogP contribution in [0.4, 0.5) is 0 Å². The van der Waals surface area contributed by atoms with E-state index < -0.39 is 29.2 Å². The molecule has 2 amide bonds. The van der Waals surface area contributed by atoms with Crippen molar-refractivity contribution >= 4 is 11.8 Å². The van der Waals surface area contributed by atoms with E-state index in [1.54, 1.807) is 4.90 Å². The minimum absolute atomic E-state index is 0.0485. The molecule has 2 saturated heterocycles. The average Bonchev–Trinajstić information content (AvgIpc) is 2.78. The molecule has 10 nitrogen and oxygen atoms in total. The summed E-state index contributed by atoms with van der Waals surface area (Å²) < 4.78 is 12.4. The van der Waals surface area contributed by atoms with E-state index in [1.807, 2.05) is 20.8 Å². The van der Waals surface area contributed by atoms with E-state index in [2.05, 4.69) is 10.2 Å². The van der Waals surface area contributed by atoms with Crippen molar-refractivity contribution in [2.24, 2.45) is 0 Å². The van der Waals surface area contributed by atoms with Crippen LogP contribution in [0.2, 0.25) is 0 Å². The van der Waals surface area contributed by atoms with Crippen molar-refractivity contribution in [2.75, 3.05) is 46.0 Å². The highest BCUT2D eigenvalue weighted by Crippen LogP contribution is 2.29. The third kappa shape index (κ3) is 4.76. The Morgan fingerprint density at radius 2 is 1.94 bits per heavy atom. The maximum Gasteiger partial charge on any atom is 0.276 e. The van der Waals surface area contributed by atoms with E-state index in [9.17, 15) is 19.5 Å². The van der Waals surface area contributed by atoms with E-state index in [4.69, 9.17) is 9.47 Å². The molecule has 1 unspecified atom stereocenters. The second-order valence-electron chi connectivity index (χ2n) is 7.61. The van der Waals surface area contributed by atoms with Crippen molar-refractivity contribution in [1.29, 1.82) is 0 Å². The van der Waals surface area contributed by atoms with Crippen LogP contribution in [-0.2, 0) is 16.0 Å². The second-order valence-corrected chi connectivity index (χ2v) is 7.61. The van der Waals surface area contributed by atoms with E-state index in [1.165, 1.54) is 10.8 Å². The second kappa shape index (κ2) is 10.3. The van der Waals surface area contributed by atoms with Crippen molar-refractivity contribution in [2.45, 2.75) is 46.0 Å². The molecule has 3 aliphatic heterocycles. The van der Waals surface area contributed by atoms with Crippen molar-refractivity contribution in [1.82, 2.24) is 19.7 Å². The van der Waals surface area contributed by atoms with Crippen LogP contribution in [0.5, 0.6) is 5.75 Å². The van der Waals surface area contributed by atoms with Gasteiger partial charge in [-0.25, -0.2) is 0 Å². The molecule has 172 valence electrons. The number of morpholine rings is 1. The van der Waals surface area contributed by atoms with Crippen LogP contribution in [0.25, 0.3) is 0 Å². The number of carbonyl (C=O) groups excluding carboxylic acids is 2. The zero-order valence-corrected chi connectivity index (χ0v) is 18.4. The molecule has 0 bridgehead atoms. The van der Waals surface area contributed by atoms with E-state index in [0.717, 1.165) is 13.1 Å². The smallest absolute Gasteiger partial charge is 0.276 e. The van der Waals surface area contributed by atoms with Gasteiger partial charge in [0.15, 0.2) is 17.7 Å². The molecule has 0 aliphatic carbocycles. The molecule has 2 fully saturated rings. The molecule has 4 rings (SSSR count). The van der Waals surface area contributed by atoms with Gasteiger partial charge in [0.2, 0.25) is 5.43 Å². The maximum atomic E-state index is 12.9. The van der Waals surface area contributed by atoms with Gasteiger partial charge in [0.05, 0.1) is 26.4 Å². The number of rotatable bonds is 4. The molecule has 1 aromatic heterocycles. The number of pyridine rings is 1. The van der Waals surface area contributed by atoms with Gasteiger partial charge in [-0.3, -0.25) is 19.3 Å². The van der Waals surface area contributed by atoms with Crippen LogP contribution < -0.4 is 10.7 Å². The number of ether oxygens (including phenoxy) is 2. The summed E-state index contributed by atoms with van der Waals surface area (Å²) in [7, 11) is 0. The molecule has 4 heterocycles. The molecule has 31 heavy (non-hydrogen) atoms. The molecule has 3 aliphatic rings. The summed E-state index contributed by atoms with van der Waals surface area (Å²) in [6.07, 6.45) is 1.56. The molecular formula is C21H32N4O6. The molecule has 1 aromatic rings. The van der Waals surface area contributed by atoms with Crippen molar-refractivity contribution in [3.05, 3.63) is 27.7 Å². The van der Waals surface area contributed by atoms with Gasteiger partial charge in [-0.1, -0.05) is 13.8 Å². The average molecular weight is 437 g/mol. The van der Waals surface area contributed by atoms with Gasteiger partial charge in [0, 0.05) is 38.4 Å². The summed E-state index contributed by atoms with van der Waals surface area (Å²) in [6, 6.07) is -0.0485. The predicted molar refractivity (Wildman–Crippen MR) is 113 cm³/mol. The topological polar surface area (TPSA) is 113 Å². The quantitative estimate of drug-likeness (QED) is 0.695. The zero-order valence-electron chi connectivity index (χ0n) is 18.4. The van der Waals surface area contributed by atoms with E-state index >= 15 is 0 Å². The lowest BCUT2D eigenvalue weighted by molar-refractivity contribution is -0.112. The number of fused-ring (bicyclic) bond motifs is 2. The fourth-order valence-electron chi connectivity index (χ4n) is 4.07. The predicted octanol–water partition coefficient (Wildman–Crippen LogP) is 0.233. The minimum Gasteiger partial charge on any atom is -0.503 e.